The highest BCUT2D eigenvalue weighted by Gasteiger charge is 2.25. The van der Waals surface area contributed by atoms with Gasteiger partial charge in [0.2, 0.25) is 13.9 Å². The van der Waals surface area contributed by atoms with E-state index in [0.29, 0.717) is 13.2 Å². The minimum atomic E-state index is -0.751. The van der Waals surface area contributed by atoms with Crippen molar-refractivity contribution in [2.45, 2.75) is 6.10 Å². The molecule has 0 aromatic carbocycles. The molecule has 1 aliphatic rings. The normalized spacial score (nSPS) is 27.1. The van der Waals surface area contributed by atoms with Crippen LogP contribution in [0.3, 0.4) is 0 Å². The number of hydrogen-bond acceptors (Lipinski definition) is 3. The van der Waals surface area contributed by atoms with E-state index in [1.165, 1.54) is 0 Å². The monoisotopic (exact) mass is 141 g/mol. The minimum Gasteiger partial charge on any atom is -0.393 e. The number of carbonyl (C=O) groups excluding carboxylic acids is 1. The lowest BCUT2D eigenvalue weighted by atomic mass is 10.2. The molecule has 0 aromatic rings. The molecular weight excluding hydrogens is 133 g/mol. The SMILES string of the molecule is [B]N1CCO[C@H](CO)C1=O. The molecule has 1 aliphatic heterocycles. The van der Waals surface area contributed by atoms with Gasteiger partial charge in [0, 0.05) is 6.54 Å². The van der Waals surface area contributed by atoms with Gasteiger partial charge in [0.1, 0.15) is 0 Å². The Balaban J connectivity index is 2.51. The van der Waals surface area contributed by atoms with Gasteiger partial charge in [0.25, 0.3) is 0 Å². The van der Waals surface area contributed by atoms with Crippen molar-refractivity contribution in [1.82, 2.24) is 4.81 Å². The summed E-state index contributed by atoms with van der Waals surface area (Å²) in [5.41, 5.74) is 0. The largest absolute Gasteiger partial charge is 0.393 e. The fourth-order valence-electron chi connectivity index (χ4n) is 0.791. The fraction of sp³-hybridized carbons (Fsp3) is 0.800. The molecule has 1 amide bonds. The fourth-order valence-corrected chi connectivity index (χ4v) is 0.791. The van der Waals surface area contributed by atoms with Gasteiger partial charge in [-0.2, -0.15) is 0 Å². The Morgan fingerprint density at radius 1 is 1.90 bits per heavy atom. The van der Waals surface area contributed by atoms with E-state index < -0.39 is 6.10 Å². The molecule has 0 unspecified atom stereocenters. The molecule has 0 bridgehead atoms. The van der Waals surface area contributed by atoms with Crippen molar-refractivity contribution >= 4 is 13.9 Å². The van der Waals surface area contributed by atoms with E-state index in [0.717, 1.165) is 4.81 Å². The van der Waals surface area contributed by atoms with Crippen molar-refractivity contribution in [3.8, 4) is 0 Å². The first-order chi connectivity index (χ1) is 4.75. The van der Waals surface area contributed by atoms with Gasteiger partial charge in [-0.3, -0.25) is 4.79 Å². The van der Waals surface area contributed by atoms with Crippen LogP contribution >= 0.6 is 0 Å². The summed E-state index contributed by atoms with van der Waals surface area (Å²) in [7, 11) is 5.24. The van der Waals surface area contributed by atoms with Gasteiger partial charge in [-0.05, 0) is 0 Å². The number of aliphatic hydroxyl groups is 1. The first kappa shape index (κ1) is 7.56. The van der Waals surface area contributed by atoms with Crippen LogP contribution in [0.1, 0.15) is 0 Å². The molecule has 1 fully saturated rings. The van der Waals surface area contributed by atoms with E-state index in [2.05, 4.69) is 0 Å². The number of aliphatic hydroxyl groups excluding tert-OH is 1. The summed E-state index contributed by atoms with van der Waals surface area (Å²) < 4.78 is 4.89. The minimum absolute atomic E-state index is 0.299. The zero-order valence-electron chi connectivity index (χ0n) is 5.49. The number of nitrogens with zero attached hydrogens (tertiary/aromatic N) is 1. The maximum absolute atomic E-state index is 10.9. The summed E-state index contributed by atoms with van der Waals surface area (Å²) in [6.07, 6.45) is -0.751. The van der Waals surface area contributed by atoms with E-state index in [1.54, 1.807) is 0 Å². The summed E-state index contributed by atoms with van der Waals surface area (Å²) in [5, 5.41) is 8.55. The van der Waals surface area contributed by atoms with Crippen molar-refractivity contribution in [1.29, 1.82) is 0 Å². The van der Waals surface area contributed by atoms with Gasteiger partial charge in [0.05, 0.1) is 13.2 Å². The predicted octanol–water partition coefficient (Wildman–Crippen LogP) is -1.71. The number of carbonyl (C=O) groups is 1. The Hall–Kier alpha value is -0.545. The van der Waals surface area contributed by atoms with Crippen LogP contribution < -0.4 is 0 Å². The van der Waals surface area contributed by atoms with E-state index in [4.69, 9.17) is 17.8 Å². The number of ether oxygens (including phenoxy) is 1. The van der Waals surface area contributed by atoms with Gasteiger partial charge in [-0.25, -0.2) is 0 Å². The second-order valence-corrected chi connectivity index (χ2v) is 2.07. The van der Waals surface area contributed by atoms with Gasteiger partial charge in [0.15, 0.2) is 6.10 Å². The van der Waals surface area contributed by atoms with Crippen LogP contribution in [0.25, 0.3) is 0 Å². The highest BCUT2D eigenvalue weighted by Crippen LogP contribution is 2.02. The van der Waals surface area contributed by atoms with Crippen LogP contribution in [0.2, 0.25) is 0 Å². The summed E-state index contributed by atoms with van der Waals surface area (Å²) >= 11 is 0. The standard InChI is InChI=1S/C5H8BNO3/c6-7-1-2-10-4(3-8)5(7)9/h4,8H,1-3H2/t4-/m1/s1. The molecule has 4 nitrogen and oxygen atoms in total. The average molecular weight is 141 g/mol. The van der Waals surface area contributed by atoms with E-state index in [1.807, 2.05) is 0 Å². The molecule has 0 aromatic heterocycles. The van der Waals surface area contributed by atoms with Crippen molar-refractivity contribution in [2.24, 2.45) is 0 Å². The van der Waals surface area contributed by atoms with Crippen molar-refractivity contribution in [3.63, 3.8) is 0 Å². The Morgan fingerprint density at radius 3 is 3.10 bits per heavy atom. The smallest absolute Gasteiger partial charge is 0.241 e. The number of hydrogen-bond donors (Lipinski definition) is 1. The molecule has 54 valence electrons. The molecule has 1 atom stereocenters. The Kier molecular flexibility index (Phi) is 2.29. The average Bonchev–Trinajstić information content (AvgIpc) is 1.95. The molecule has 2 radical (unpaired) electrons. The molecule has 10 heavy (non-hydrogen) atoms. The summed E-state index contributed by atoms with van der Waals surface area (Å²) in [6.45, 7) is 0.495. The molecule has 0 aliphatic carbocycles. The molecule has 1 N–H and O–H groups in total. The summed E-state index contributed by atoms with van der Waals surface area (Å²) in [4.78, 5) is 11.9. The van der Waals surface area contributed by atoms with E-state index in [-0.39, 0.29) is 12.5 Å². The molecule has 1 rings (SSSR count). The molecule has 1 saturated heterocycles. The third-order valence-corrected chi connectivity index (χ3v) is 1.38. The van der Waals surface area contributed by atoms with Gasteiger partial charge >= 0.3 is 0 Å². The lowest BCUT2D eigenvalue weighted by molar-refractivity contribution is -0.149. The van der Waals surface area contributed by atoms with Crippen LogP contribution in [-0.2, 0) is 9.53 Å². The Morgan fingerprint density at radius 2 is 2.60 bits per heavy atom. The van der Waals surface area contributed by atoms with Gasteiger partial charge < -0.3 is 14.7 Å². The highest BCUT2D eigenvalue weighted by molar-refractivity contribution is 6.15. The summed E-state index contributed by atoms with van der Waals surface area (Å²) in [6, 6.07) is 0. The maximum atomic E-state index is 10.9. The highest BCUT2D eigenvalue weighted by atomic mass is 16.5. The van der Waals surface area contributed by atoms with Crippen LogP contribution in [-0.4, -0.2) is 49.7 Å². The van der Waals surface area contributed by atoms with Crippen LogP contribution in [0.4, 0.5) is 0 Å². The zero-order chi connectivity index (χ0) is 7.56. The van der Waals surface area contributed by atoms with E-state index >= 15 is 0 Å². The third kappa shape index (κ3) is 1.30. The Bertz CT molecular complexity index is 141. The first-order valence-corrected chi connectivity index (χ1v) is 3.04. The van der Waals surface area contributed by atoms with Crippen molar-refractivity contribution < 1.29 is 14.6 Å². The van der Waals surface area contributed by atoms with Crippen molar-refractivity contribution in [3.05, 3.63) is 0 Å². The Labute approximate surface area is 60.2 Å². The molecular formula is C5H8BNO3. The second kappa shape index (κ2) is 3.03. The van der Waals surface area contributed by atoms with Crippen LogP contribution in [0, 0.1) is 0 Å². The lowest BCUT2D eigenvalue weighted by Crippen LogP contribution is -2.47. The summed E-state index contributed by atoms with van der Waals surface area (Å²) in [5.74, 6) is -0.353. The zero-order valence-corrected chi connectivity index (χ0v) is 5.49. The molecule has 0 saturated carbocycles. The molecule has 1 heterocycles. The van der Waals surface area contributed by atoms with Crippen molar-refractivity contribution in [2.75, 3.05) is 19.8 Å². The lowest BCUT2D eigenvalue weighted by Gasteiger charge is -2.28. The number of amides is 1. The molecule has 0 spiro atoms. The third-order valence-electron chi connectivity index (χ3n) is 1.38. The van der Waals surface area contributed by atoms with Gasteiger partial charge in [-0.15, -0.1) is 0 Å². The van der Waals surface area contributed by atoms with Gasteiger partial charge in [-0.1, -0.05) is 0 Å². The second-order valence-electron chi connectivity index (χ2n) is 2.07. The quantitative estimate of drug-likeness (QED) is 0.442. The van der Waals surface area contributed by atoms with Crippen LogP contribution in [0.15, 0.2) is 0 Å². The topological polar surface area (TPSA) is 49.8 Å². The number of morpholine rings is 1. The maximum Gasteiger partial charge on any atom is 0.241 e. The van der Waals surface area contributed by atoms with E-state index in [9.17, 15) is 4.79 Å². The molecule has 5 heteroatoms. The predicted molar refractivity (Wildman–Crippen MR) is 34.3 cm³/mol. The first-order valence-electron chi connectivity index (χ1n) is 3.04. The van der Waals surface area contributed by atoms with Crippen LogP contribution in [0.5, 0.6) is 0 Å². The number of rotatable bonds is 1.